The van der Waals surface area contributed by atoms with Crippen LogP contribution in [0.15, 0.2) is 18.2 Å². The molecule has 1 aliphatic rings. The molecule has 0 aromatic heterocycles. The lowest BCUT2D eigenvalue weighted by Gasteiger charge is -2.33. The molecule has 1 atom stereocenters. The minimum atomic E-state index is -0.423. The molecule has 1 aliphatic heterocycles. The SMILES string of the molecule is C#CCOC1CCN(C[C@H](O)c2cc(C)ccc2C)CC1. The van der Waals surface area contributed by atoms with Gasteiger partial charge in [0.2, 0.25) is 0 Å². The molecule has 0 amide bonds. The predicted octanol–water partition coefficient (Wildman–Crippen LogP) is 2.45. The van der Waals surface area contributed by atoms with Gasteiger partial charge in [-0.3, -0.25) is 0 Å². The number of piperidine rings is 1. The molecule has 1 aromatic carbocycles. The fourth-order valence-corrected chi connectivity index (χ4v) is 2.89. The number of aryl methyl sites for hydroxylation is 2. The second-order valence-electron chi connectivity index (χ2n) is 5.89. The van der Waals surface area contributed by atoms with Crippen LogP contribution in [0, 0.1) is 26.2 Å². The van der Waals surface area contributed by atoms with Gasteiger partial charge in [-0.05, 0) is 37.8 Å². The highest BCUT2D eigenvalue weighted by Gasteiger charge is 2.22. The van der Waals surface area contributed by atoms with Gasteiger partial charge in [-0.1, -0.05) is 29.7 Å². The molecule has 1 N–H and O–H groups in total. The summed E-state index contributed by atoms with van der Waals surface area (Å²) in [5, 5.41) is 10.5. The molecule has 21 heavy (non-hydrogen) atoms. The number of aliphatic hydroxyl groups is 1. The fourth-order valence-electron chi connectivity index (χ4n) is 2.89. The van der Waals surface area contributed by atoms with Crippen molar-refractivity contribution < 1.29 is 9.84 Å². The maximum atomic E-state index is 10.5. The predicted molar refractivity (Wildman–Crippen MR) is 85.1 cm³/mol. The summed E-state index contributed by atoms with van der Waals surface area (Å²) in [6.07, 6.45) is 7.04. The monoisotopic (exact) mass is 287 g/mol. The van der Waals surface area contributed by atoms with E-state index < -0.39 is 6.10 Å². The van der Waals surface area contributed by atoms with E-state index in [2.05, 4.69) is 42.9 Å². The van der Waals surface area contributed by atoms with Gasteiger partial charge < -0.3 is 14.7 Å². The Kier molecular flexibility index (Phi) is 5.81. The Bertz CT molecular complexity index is 498. The van der Waals surface area contributed by atoms with Gasteiger partial charge in [0, 0.05) is 19.6 Å². The number of nitrogens with zero attached hydrogens (tertiary/aromatic N) is 1. The number of aliphatic hydroxyl groups excluding tert-OH is 1. The second kappa shape index (κ2) is 7.61. The molecule has 1 aromatic rings. The first-order chi connectivity index (χ1) is 10.1. The number of terminal acetylenes is 1. The van der Waals surface area contributed by atoms with Crippen LogP contribution in [0.25, 0.3) is 0 Å². The van der Waals surface area contributed by atoms with E-state index in [4.69, 9.17) is 11.2 Å². The Morgan fingerprint density at radius 1 is 1.38 bits per heavy atom. The van der Waals surface area contributed by atoms with Gasteiger partial charge in [-0.15, -0.1) is 6.42 Å². The maximum Gasteiger partial charge on any atom is 0.107 e. The average Bonchev–Trinajstić information content (AvgIpc) is 2.49. The van der Waals surface area contributed by atoms with Gasteiger partial charge in [-0.2, -0.15) is 0 Å². The summed E-state index contributed by atoms with van der Waals surface area (Å²) in [5.74, 6) is 2.52. The van der Waals surface area contributed by atoms with Gasteiger partial charge >= 0.3 is 0 Å². The summed E-state index contributed by atoms with van der Waals surface area (Å²) >= 11 is 0. The van der Waals surface area contributed by atoms with Crippen LogP contribution in [-0.4, -0.2) is 42.4 Å². The van der Waals surface area contributed by atoms with Crippen molar-refractivity contribution in [1.82, 2.24) is 4.90 Å². The third-order valence-electron chi connectivity index (χ3n) is 4.16. The summed E-state index contributed by atoms with van der Waals surface area (Å²) in [6, 6.07) is 6.25. The Balaban J connectivity index is 1.85. The molecule has 1 fully saturated rings. The molecule has 0 aliphatic carbocycles. The molecule has 2 rings (SSSR count). The van der Waals surface area contributed by atoms with Crippen molar-refractivity contribution in [2.75, 3.05) is 26.2 Å². The minimum absolute atomic E-state index is 0.273. The van der Waals surface area contributed by atoms with E-state index in [1.54, 1.807) is 0 Å². The van der Waals surface area contributed by atoms with E-state index in [1.165, 1.54) is 5.56 Å². The van der Waals surface area contributed by atoms with Gasteiger partial charge in [0.05, 0.1) is 12.2 Å². The summed E-state index contributed by atoms with van der Waals surface area (Å²) in [4.78, 5) is 2.31. The van der Waals surface area contributed by atoms with Crippen molar-refractivity contribution in [3.63, 3.8) is 0 Å². The standard InChI is InChI=1S/C18H25NO2/c1-4-11-21-16-7-9-19(10-8-16)13-18(20)17-12-14(2)5-6-15(17)3/h1,5-6,12,16,18,20H,7-11,13H2,2-3H3/t18-/m0/s1. The molecule has 0 unspecified atom stereocenters. The second-order valence-corrected chi connectivity index (χ2v) is 5.89. The summed E-state index contributed by atoms with van der Waals surface area (Å²) in [7, 11) is 0. The van der Waals surface area contributed by atoms with E-state index in [-0.39, 0.29) is 6.10 Å². The van der Waals surface area contributed by atoms with Crippen LogP contribution in [0.2, 0.25) is 0 Å². The number of β-amino-alcohol motifs (C(OH)–C–C–N with tert-alkyl or cyclic N) is 1. The normalized spacial score (nSPS) is 18.4. The molecule has 3 nitrogen and oxygen atoms in total. The smallest absolute Gasteiger partial charge is 0.107 e. The first-order valence-corrected chi connectivity index (χ1v) is 7.62. The third-order valence-corrected chi connectivity index (χ3v) is 4.16. The summed E-state index contributed by atoms with van der Waals surface area (Å²) in [6.45, 7) is 7.11. The van der Waals surface area contributed by atoms with Crippen molar-refractivity contribution in [3.8, 4) is 12.3 Å². The van der Waals surface area contributed by atoms with Crippen LogP contribution in [0.4, 0.5) is 0 Å². The van der Waals surface area contributed by atoms with Crippen molar-refractivity contribution in [3.05, 3.63) is 34.9 Å². The van der Waals surface area contributed by atoms with Crippen molar-refractivity contribution in [2.24, 2.45) is 0 Å². The first kappa shape index (κ1) is 16.0. The topological polar surface area (TPSA) is 32.7 Å². The molecule has 0 radical (unpaired) electrons. The van der Waals surface area contributed by atoms with Crippen LogP contribution >= 0.6 is 0 Å². The van der Waals surface area contributed by atoms with Gasteiger partial charge in [0.25, 0.3) is 0 Å². The third kappa shape index (κ3) is 4.57. The lowest BCUT2D eigenvalue weighted by molar-refractivity contribution is 0.0115. The van der Waals surface area contributed by atoms with Crippen molar-refractivity contribution >= 4 is 0 Å². The zero-order valence-corrected chi connectivity index (χ0v) is 13.0. The highest BCUT2D eigenvalue weighted by molar-refractivity contribution is 5.32. The van der Waals surface area contributed by atoms with E-state index in [0.29, 0.717) is 13.2 Å². The molecule has 0 saturated carbocycles. The molecule has 3 heteroatoms. The maximum absolute atomic E-state index is 10.5. The quantitative estimate of drug-likeness (QED) is 0.844. The van der Waals surface area contributed by atoms with E-state index >= 15 is 0 Å². The molecule has 0 bridgehead atoms. The average molecular weight is 287 g/mol. The van der Waals surface area contributed by atoms with Gasteiger partial charge in [0.1, 0.15) is 6.61 Å². The number of rotatable bonds is 5. The first-order valence-electron chi connectivity index (χ1n) is 7.62. The van der Waals surface area contributed by atoms with E-state index in [0.717, 1.165) is 37.1 Å². The van der Waals surface area contributed by atoms with Crippen molar-refractivity contribution in [1.29, 1.82) is 0 Å². The zero-order valence-electron chi connectivity index (χ0n) is 13.0. The Morgan fingerprint density at radius 2 is 2.10 bits per heavy atom. The molecule has 0 spiro atoms. The molecule has 1 saturated heterocycles. The zero-order chi connectivity index (χ0) is 15.2. The van der Waals surface area contributed by atoms with Crippen LogP contribution < -0.4 is 0 Å². The molecule has 114 valence electrons. The Morgan fingerprint density at radius 3 is 2.76 bits per heavy atom. The highest BCUT2D eigenvalue weighted by Crippen LogP contribution is 2.22. The molecule has 1 heterocycles. The van der Waals surface area contributed by atoms with Crippen LogP contribution in [0.1, 0.15) is 35.6 Å². The number of benzene rings is 1. The molecular weight excluding hydrogens is 262 g/mol. The molecular formula is C18H25NO2. The lowest BCUT2D eigenvalue weighted by atomic mass is 9.99. The summed E-state index contributed by atoms with van der Waals surface area (Å²) in [5.41, 5.74) is 3.39. The van der Waals surface area contributed by atoms with Gasteiger partial charge in [-0.25, -0.2) is 0 Å². The number of ether oxygens (including phenoxy) is 1. The van der Waals surface area contributed by atoms with Crippen LogP contribution in [0.5, 0.6) is 0 Å². The number of hydrogen-bond acceptors (Lipinski definition) is 3. The van der Waals surface area contributed by atoms with Gasteiger partial charge in [0.15, 0.2) is 0 Å². The summed E-state index contributed by atoms with van der Waals surface area (Å²) < 4.78 is 5.58. The van der Waals surface area contributed by atoms with Crippen LogP contribution in [-0.2, 0) is 4.74 Å². The Hall–Kier alpha value is -1.34. The van der Waals surface area contributed by atoms with Crippen molar-refractivity contribution in [2.45, 2.75) is 38.9 Å². The lowest BCUT2D eigenvalue weighted by Crippen LogP contribution is -2.39. The number of likely N-dealkylation sites (tertiary alicyclic amines) is 1. The van der Waals surface area contributed by atoms with E-state index in [1.807, 2.05) is 0 Å². The highest BCUT2D eigenvalue weighted by atomic mass is 16.5. The van der Waals surface area contributed by atoms with Crippen LogP contribution in [0.3, 0.4) is 0 Å². The fraction of sp³-hybridized carbons (Fsp3) is 0.556. The number of hydrogen-bond donors (Lipinski definition) is 1. The largest absolute Gasteiger partial charge is 0.387 e. The van der Waals surface area contributed by atoms with E-state index in [9.17, 15) is 5.11 Å². The Labute approximate surface area is 127 Å². The minimum Gasteiger partial charge on any atom is -0.387 e.